The van der Waals surface area contributed by atoms with Gasteiger partial charge in [0.1, 0.15) is 0 Å². The summed E-state index contributed by atoms with van der Waals surface area (Å²) in [5.41, 5.74) is 3.25. The fourth-order valence-electron chi connectivity index (χ4n) is 2.69. The summed E-state index contributed by atoms with van der Waals surface area (Å²) in [7, 11) is 3.22. The van der Waals surface area contributed by atoms with E-state index in [0.717, 1.165) is 29.5 Å². The van der Waals surface area contributed by atoms with Crippen molar-refractivity contribution in [3.8, 4) is 11.5 Å². The van der Waals surface area contributed by atoms with E-state index in [0.29, 0.717) is 30.3 Å². The monoisotopic (exact) mass is 361 g/mol. The van der Waals surface area contributed by atoms with Crippen molar-refractivity contribution < 1.29 is 14.3 Å². The number of aryl methyl sites for hydroxylation is 1. The fourth-order valence-corrected chi connectivity index (χ4v) is 2.90. The molecule has 2 aromatic rings. The minimum absolute atomic E-state index is 0.0162. The number of benzene rings is 2. The highest BCUT2D eigenvalue weighted by atomic mass is 35.5. The largest absolute Gasteiger partial charge is 0.493 e. The minimum atomic E-state index is 0.0162. The Balaban J connectivity index is 1.87. The minimum Gasteiger partial charge on any atom is -0.493 e. The zero-order valence-corrected chi connectivity index (χ0v) is 15.4. The summed E-state index contributed by atoms with van der Waals surface area (Å²) in [5, 5.41) is 2.97. The van der Waals surface area contributed by atoms with Gasteiger partial charge in [0.15, 0.2) is 11.5 Å². The van der Waals surface area contributed by atoms with Crippen molar-refractivity contribution in [2.24, 2.45) is 0 Å². The van der Waals surface area contributed by atoms with Crippen LogP contribution in [0.2, 0.25) is 0 Å². The number of alkyl halides is 1. The molecule has 0 atom stereocenters. The molecule has 134 valence electrons. The molecule has 0 unspecified atom stereocenters. The molecule has 25 heavy (non-hydrogen) atoms. The maximum atomic E-state index is 12.2. The van der Waals surface area contributed by atoms with Crippen molar-refractivity contribution in [3.05, 3.63) is 59.2 Å². The number of carbonyl (C=O) groups excluding carboxylic acids is 1. The van der Waals surface area contributed by atoms with E-state index in [-0.39, 0.29) is 5.91 Å². The quantitative estimate of drug-likeness (QED) is 0.696. The highest BCUT2D eigenvalue weighted by molar-refractivity contribution is 6.18. The summed E-state index contributed by atoms with van der Waals surface area (Å²) >= 11 is 5.82. The Morgan fingerprint density at radius 2 is 1.72 bits per heavy atom. The highest BCUT2D eigenvalue weighted by Gasteiger charge is 2.08. The first kappa shape index (κ1) is 19.1. The summed E-state index contributed by atoms with van der Waals surface area (Å²) in [6.07, 6.45) is 1.88. The second kappa shape index (κ2) is 9.94. The third-order valence-corrected chi connectivity index (χ3v) is 4.21. The van der Waals surface area contributed by atoms with E-state index in [1.165, 1.54) is 0 Å². The van der Waals surface area contributed by atoms with Crippen LogP contribution in [0.15, 0.2) is 42.5 Å². The number of halogens is 1. The Morgan fingerprint density at radius 1 is 1.00 bits per heavy atom. The van der Waals surface area contributed by atoms with Crippen LogP contribution in [-0.2, 0) is 24.1 Å². The molecule has 0 fully saturated rings. The van der Waals surface area contributed by atoms with Gasteiger partial charge in [-0.3, -0.25) is 4.79 Å². The normalized spacial score (nSPS) is 10.4. The first-order valence-corrected chi connectivity index (χ1v) is 8.81. The SMILES string of the molecule is COc1ccc(CCNC(=O)Cc2ccccc2CCCl)cc1OC. The predicted molar refractivity (Wildman–Crippen MR) is 101 cm³/mol. The van der Waals surface area contributed by atoms with Crippen molar-refractivity contribution in [3.63, 3.8) is 0 Å². The molecule has 1 N–H and O–H groups in total. The van der Waals surface area contributed by atoms with Crippen LogP contribution in [-0.4, -0.2) is 32.6 Å². The molecular weight excluding hydrogens is 338 g/mol. The molecule has 0 aliphatic carbocycles. The van der Waals surface area contributed by atoms with Crippen LogP contribution >= 0.6 is 11.6 Å². The first-order valence-electron chi connectivity index (χ1n) is 8.28. The molecule has 0 saturated heterocycles. The van der Waals surface area contributed by atoms with Crippen molar-refractivity contribution >= 4 is 17.5 Å². The number of carbonyl (C=O) groups is 1. The zero-order chi connectivity index (χ0) is 18.1. The molecule has 0 heterocycles. The molecule has 2 aromatic carbocycles. The summed E-state index contributed by atoms with van der Waals surface area (Å²) in [5.74, 6) is 1.97. The topological polar surface area (TPSA) is 47.6 Å². The molecule has 0 aliphatic heterocycles. The Kier molecular flexibility index (Phi) is 7.61. The standard InChI is InChI=1S/C20H24ClNO3/c1-24-18-8-7-15(13-19(18)25-2)10-12-22-20(23)14-17-6-4-3-5-16(17)9-11-21/h3-8,13H,9-12,14H2,1-2H3,(H,22,23). The van der Waals surface area contributed by atoms with Gasteiger partial charge in [0.2, 0.25) is 5.91 Å². The van der Waals surface area contributed by atoms with E-state index in [4.69, 9.17) is 21.1 Å². The van der Waals surface area contributed by atoms with Gasteiger partial charge in [-0.05, 0) is 41.7 Å². The van der Waals surface area contributed by atoms with Crippen LogP contribution in [0.3, 0.4) is 0 Å². The molecule has 0 radical (unpaired) electrons. The van der Waals surface area contributed by atoms with E-state index >= 15 is 0 Å². The number of rotatable bonds is 9. The lowest BCUT2D eigenvalue weighted by molar-refractivity contribution is -0.120. The van der Waals surface area contributed by atoms with E-state index in [2.05, 4.69) is 5.32 Å². The molecule has 0 bridgehead atoms. The van der Waals surface area contributed by atoms with Gasteiger partial charge in [-0.1, -0.05) is 30.3 Å². The van der Waals surface area contributed by atoms with Gasteiger partial charge in [-0.15, -0.1) is 11.6 Å². The maximum Gasteiger partial charge on any atom is 0.224 e. The Labute approximate surface area is 154 Å². The fraction of sp³-hybridized carbons (Fsp3) is 0.350. The lowest BCUT2D eigenvalue weighted by Gasteiger charge is -2.11. The van der Waals surface area contributed by atoms with E-state index < -0.39 is 0 Å². The number of amides is 1. The van der Waals surface area contributed by atoms with Crippen LogP contribution in [0.5, 0.6) is 11.5 Å². The van der Waals surface area contributed by atoms with Crippen LogP contribution in [0.1, 0.15) is 16.7 Å². The van der Waals surface area contributed by atoms with E-state index in [1.807, 2.05) is 42.5 Å². The smallest absolute Gasteiger partial charge is 0.224 e. The molecule has 0 saturated carbocycles. The first-order chi connectivity index (χ1) is 12.2. The molecule has 4 nitrogen and oxygen atoms in total. The average molecular weight is 362 g/mol. The lowest BCUT2D eigenvalue weighted by Crippen LogP contribution is -2.27. The van der Waals surface area contributed by atoms with Gasteiger partial charge >= 0.3 is 0 Å². The number of hydrogen-bond acceptors (Lipinski definition) is 3. The molecular formula is C20H24ClNO3. The summed E-state index contributed by atoms with van der Waals surface area (Å²) in [6.45, 7) is 0.575. The summed E-state index contributed by atoms with van der Waals surface area (Å²) in [4.78, 5) is 12.2. The number of nitrogens with one attached hydrogen (secondary N) is 1. The number of ether oxygens (including phenoxy) is 2. The molecule has 0 aliphatic rings. The second-order valence-electron chi connectivity index (χ2n) is 5.67. The third-order valence-electron chi connectivity index (χ3n) is 4.02. The summed E-state index contributed by atoms with van der Waals surface area (Å²) in [6, 6.07) is 13.7. The lowest BCUT2D eigenvalue weighted by atomic mass is 10.0. The number of methoxy groups -OCH3 is 2. The van der Waals surface area contributed by atoms with E-state index in [9.17, 15) is 4.79 Å². The summed E-state index contributed by atoms with van der Waals surface area (Å²) < 4.78 is 10.5. The van der Waals surface area contributed by atoms with Gasteiger partial charge in [0.05, 0.1) is 20.6 Å². The molecule has 2 rings (SSSR count). The van der Waals surface area contributed by atoms with Crippen LogP contribution < -0.4 is 14.8 Å². The van der Waals surface area contributed by atoms with Gasteiger partial charge in [0, 0.05) is 12.4 Å². The maximum absolute atomic E-state index is 12.2. The Morgan fingerprint density at radius 3 is 2.40 bits per heavy atom. The molecule has 5 heteroatoms. The van der Waals surface area contributed by atoms with Crippen molar-refractivity contribution in [1.29, 1.82) is 0 Å². The van der Waals surface area contributed by atoms with Gasteiger partial charge in [0.25, 0.3) is 0 Å². The average Bonchev–Trinajstić information content (AvgIpc) is 2.63. The van der Waals surface area contributed by atoms with Crippen LogP contribution in [0.4, 0.5) is 0 Å². The van der Waals surface area contributed by atoms with E-state index in [1.54, 1.807) is 14.2 Å². The van der Waals surface area contributed by atoms with Crippen molar-refractivity contribution in [2.75, 3.05) is 26.6 Å². The second-order valence-corrected chi connectivity index (χ2v) is 6.05. The Hall–Kier alpha value is -2.20. The molecule has 0 aromatic heterocycles. The van der Waals surface area contributed by atoms with Gasteiger partial charge in [-0.25, -0.2) is 0 Å². The predicted octanol–water partition coefficient (Wildman–Crippen LogP) is 3.39. The van der Waals surface area contributed by atoms with Crippen LogP contribution in [0, 0.1) is 0 Å². The Bertz CT molecular complexity index is 703. The third kappa shape index (κ3) is 5.68. The van der Waals surface area contributed by atoms with Crippen molar-refractivity contribution in [2.45, 2.75) is 19.3 Å². The van der Waals surface area contributed by atoms with Gasteiger partial charge < -0.3 is 14.8 Å². The molecule has 0 spiro atoms. The highest BCUT2D eigenvalue weighted by Crippen LogP contribution is 2.27. The number of hydrogen-bond donors (Lipinski definition) is 1. The van der Waals surface area contributed by atoms with Crippen molar-refractivity contribution in [1.82, 2.24) is 5.32 Å². The zero-order valence-electron chi connectivity index (χ0n) is 14.7. The molecule has 1 amide bonds. The van der Waals surface area contributed by atoms with Crippen LogP contribution in [0.25, 0.3) is 0 Å². The van der Waals surface area contributed by atoms with Gasteiger partial charge in [-0.2, -0.15) is 0 Å².